The molecule has 8 nitrogen and oxygen atoms in total. The number of piperidine rings is 1. The second kappa shape index (κ2) is 9.09. The van der Waals surface area contributed by atoms with Crippen LogP contribution in [0.25, 0.3) is 5.65 Å². The normalized spacial score (nSPS) is 19.7. The Morgan fingerprint density at radius 1 is 1.10 bits per heavy atom. The van der Waals surface area contributed by atoms with Crippen molar-refractivity contribution >= 4 is 23.0 Å². The van der Waals surface area contributed by atoms with Crippen LogP contribution in [0.4, 0.5) is 17.3 Å². The van der Waals surface area contributed by atoms with E-state index in [1.54, 1.807) is 0 Å². The van der Waals surface area contributed by atoms with E-state index in [4.69, 9.17) is 9.84 Å². The summed E-state index contributed by atoms with van der Waals surface area (Å²) in [5.41, 5.74) is 3.31. The SMILES string of the molecule is CCCc1cnc2ccc(N3CCCC(Nc4cc(N5CCOCC5)ccn4)C3)nn12. The summed E-state index contributed by atoms with van der Waals surface area (Å²) in [6, 6.07) is 8.76. The van der Waals surface area contributed by atoms with Gasteiger partial charge < -0.3 is 19.9 Å². The number of fused-ring (bicyclic) bond motifs is 1. The fraction of sp³-hybridized carbons (Fsp3) is 0.522. The molecule has 3 aromatic heterocycles. The first-order valence-electron chi connectivity index (χ1n) is 11.4. The second-order valence-electron chi connectivity index (χ2n) is 8.39. The molecule has 0 spiro atoms. The molecule has 0 aromatic carbocycles. The predicted molar refractivity (Wildman–Crippen MR) is 123 cm³/mol. The summed E-state index contributed by atoms with van der Waals surface area (Å²) in [6.45, 7) is 7.57. The van der Waals surface area contributed by atoms with Gasteiger partial charge in [0.25, 0.3) is 0 Å². The van der Waals surface area contributed by atoms with E-state index in [9.17, 15) is 0 Å². The first-order valence-corrected chi connectivity index (χ1v) is 11.4. The number of pyridine rings is 1. The maximum atomic E-state index is 5.48. The Hall–Kier alpha value is -2.87. The van der Waals surface area contributed by atoms with Gasteiger partial charge in [-0.2, -0.15) is 0 Å². The van der Waals surface area contributed by atoms with Crippen molar-refractivity contribution in [1.82, 2.24) is 19.6 Å². The van der Waals surface area contributed by atoms with Gasteiger partial charge in [0.05, 0.1) is 25.1 Å². The highest BCUT2D eigenvalue weighted by molar-refractivity contribution is 5.55. The number of ether oxygens (including phenoxy) is 1. The zero-order valence-corrected chi connectivity index (χ0v) is 18.2. The molecule has 31 heavy (non-hydrogen) atoms. The number of aryl methyl sites for hydroxylation is 1. The van der Waals surface area contributed by atoms with Crippen LogP contribution >= 0.6 is 0 Å². The smallest absolute Gasteiger partial charge is 0.153 e. The number of hydrogen-bond donors (Lipinski definition) is 1. The van der Waals surface area contributed by atoms with Gasteiger partial charge in [0.1, 0.15) is 11.6 Å². The van der Waals surface area contributed by atoms with Crippen molar-refractivity contribution < 1.29 is 4.74 Å². The highest BCUT2D eigenvalue weighted by Crippen LogP contribution is 2.23. The van der Waals surface area contributed by atoms with E-state index in [0.29, 0.717) is 6.04 Å². The first-order chi connectivity index (χ1) is 15.3. The average Bonchev–Trinajstić information content (AvgIpc) is 3.22. The molecule has 8 heteroatoms. The lowest BCUT2D eigenvalue weighted by molar-refractivity contribution is 0.122. The summed E-state index contributed by atoms with van der Waals surface area (Å²) in [5.74, 6) is 1.96. The number of imidazole rings is 1. The molecule has 2 aliphatic rings. The summed E-state index contributed by atoms with van der Waals surface area (Å²) in [5, 5.41) is 8.58. The summed E-state index contributed by atoms with van der Waals surface area (Å²) in [7, 11) is 0. The molecule has 2 aliphatic heterocycles. The van der Waals surface area contributed by atoms with Gasteiger partial charge in [-0.05, 0) is 37.5 Å². The van der Waals surface area contributed by atoms with Crippen LogP contribution in [0.3, 0.4) is 0 Å². The molecule has 2 saturated heterocycles. The number of nitrogens with one attached hydrogen (secondary N) is 1. The van der Waals surface area contributed by atoms with Crippen LogP contribution in [0.1, 0.15) is 31.9 Å². The van der Waals surface area contributed by atoms with Gasteiger partial charge in [-0.3, -0.25) is 0 Å². The summed E-state index contributed by atoms with van der Waals surface area (Å²) in [6.07, 6.45) is 8.19. The van der Waals surface area contributed by atoms with Gasteiger partial charge in [-0.1, -0.05) is 13.3 Å². The minimum Gasteiger partial charge on any atom is -0.378 e. The standard InChI is InChI=1S/C23H31N7O/c1-2-4-20-16-25-22-6-7-23(27-30(20)22)29-10-3-5-18(17-29)26-21-15-19(8-9-24-21)28-11-13-31-14-12-28/h6-9,15-16,18H,2-5,10-14,17H2,1H3,(H,24,26). The Balaban J connectivity index is 1.28. The summed E-state index contributed by atoms with van der Waals surface area (Å²) >= 11 is 0. The van der Waals surface area contributed by atoms with Crippen molar-refractivity contribution in [2.75, 3.05) is 54.5 Å². The Kier molecular flexibility index (Phi) is 5.88. The Morgan fingerprint density at radius 3 is 2.87 bits per heavy atom. The van der Waals surface area contributed by atoms with E-state index in [1.807, 2.05) is 16.9 Å². The molecule has 2 fully saturated rings. The molecule has 0 radical (unpaired) electrons. The van der Waals surface area contributed by atoms with Gasteiger partial charge in [0.2, 0.25) is 0 Å². The molecule has 0 bridgehead atoms. The zero-order valence-electron chi connectivity index (χ0n) is 18.2. The van der Waals surface area contributed by atoms with Crippen molar-refractivity contribution in [2.45, 2.75) is 38.6 Å². The van der Waals surface area contributed by atoms with Crippen LogP contribution in [0, 0.1) is 0 Å². The number of morpholine rings is 1. The number of anilines is 3. The lowest BCUT2D eigenvalue weighted by atomic mass is 10.1. The highest BCUT2D eigenvalue weighted by atomic mass is 16.5. The topological polar surface area (TPSA) is 70.8 Å². The Morgan fingerprint density at radius 2 is 2.00 bits per heavy atom. The maximum absolute atomic E-state index is 5.48. The van der Waals surface area contributed by atoms with E-state index >= 15 is 0 Å². The van der Waals surface area contributed by atoms with Crippen molar-refractivity contribution in [3.8, 4) is 0 Å². The lowest BCUT2D eigenvalue weighted by Crippen LogP contribution is -2.43. The zero-order chi connectivity index (χ0) is 21.0. The van der Waals surface area contributed by atoms with Crippen LogP contribution in [0.2, 0.25) is 0 Å². The summed E-state index contributed by atoms with van der Waals surface area (Å²) < 4.78 is 7.48. The largest absolute Gasteiger partial charge is 0.378 e. The van der Waals surface area contributed by atoms with Crippen LogP contribution < -0.4 is 15.1 Å². The van der Waals surface area contributed by atoms with E-state index in [1.165, 1.54) is 11.4 Å². The predicted octanol–water partition coefficient (Wildman–Crippen LogP) is 2.99. The monoisotopic (exact) mass is 421 g/mol. The van der Waals surface area contributed by atoms with Crippen LogP contribution in [0.5, 0.6) is 0 Å². The number of aromatic nitrogens is 4. The van der Waals surface area contributed by atoms with E-state index in [-0.39, 0.29) is 0 Å². The third-order valence-electron chi connectivity index (χ3n) is 6.14. The second-order valence-corrected chi connectivity index (χ2v) is 8.39. The third-order valence-corrected chi connectivity index (χ3v) is 6.14. The van der Waals surface area contributed by atoms with Crippen LogP contribution in [0.15, 0.2) is 36.7 Å². The number of hydrogen-bond acceptors (Lipinski definition) is 7. The molecule has 5 heterocycles. The molecule has 0 amide bonds. The molecular weight excluding hydrogens is 390 g/mol. The Labute approximate surface area is 183 Å². The van der Waals surface area contributed by atoms with E-state index in [0.717, 1.165) is 82.4 Å². The maximum Gasteiger partial charge on any atom is 0.153 e. The van der Waals surface area contributed by atoms with Crippen LogP contribution in [-0.2, 0) is 11.2 Å². The van der Waals surface area contributed by atoms with Gasteiger partial charge in [0.15, 0.2) is 5.65 Å². The molecule has 3 aromatic rings. The third kappa shape index (κ3) is 4.44. The molecule has 0 aliphatic carbocycles. The van der Waals surface area contributed by atoms with Gasteiger partial charge >= 0.3 is 0 Å². The minimum absolute atomic E-state index is 0.344. The van der Waals surface area contributed by atoms with Crippen molar-refractivity contribution in [2.24, 2.45) is 0 Å². The van der Waals surface area contributed by atoms with Gasteiger partial charge in [0, 0.05) is 50.2 Å². The fourth-order valence-electron chi connectivity index (χ4n) is 4.54. The molecule has 164 valence electrons. The first kappa shape index (κ1) is 20.1. The fourth-order valence-corrected chi connectivity index (χ4v) is 4.54. The number of nitrogens with zero attached hydrogens (tertiary/aromatic N) is 6. The van der Waals surface area contributed by atoms with Crippen molar-refractivity contribution in [1.29, 1.82) is 0 Å². The molecule has 1 unspecified atom stereocenters. The lowest BCUT2D eigenvalue weighted by Gasteiger charge is -2.34. The Bertz CT molecular complexity index is 1010. The van der Waals surface area contributed by atoms with Gasteiger partial charge in [-0.25, -0.2) is 14.5 Å². The highest BCUT2D eigenvalue weighted by Gasteiger charge is 2.22. The number of rotatable bonds is 6. The molecule has 5 rings (SSSR count). The molecular formula is C23H31N7O. The van der Waals surface area contributed by atoms with Crippen LogP contribution in [-0.4, -0.2) is 65.0 Å². The quantitative estimate of drug-likeness (QED) is 0.656. The molecule has 1 atom stereocenters. The average molecular weight is 422 g/mol. The van der Waals surface area contributed by atoms with Gasteiger partial charge in [-0.15, -0.1) is 5.10 Å². The van der Waals surface area contributed by atoms with Crippen molar-refractivity contribution in [3.05, 3.63) is 42.4 Å². The minimum atomic E-state index is 0.344. The van der Waals surface area contributed by atoms with E-state index < -0.39 is 0 Å². The van der Waals surface area contributed by atoms with E-state index in [2.05, 4.69) is 56.3 Å². The summed E-state index contributed by atoms with van der Waals surface area (Å²) in [4.78, 5) is 13.8. The molecule has 1 N–H and O–H groups in total. The van der Waals surface area contributed by atoms with Crippen molar-refractivity contribution in [3.63, 3.8) is 0 Å². The molecule has 0 saturated carbocycles.